The summed E-state index contributed by atoms with van der Waals surface area (Å²) in [6, 6.07) is 10.3. The number of amides is 1. The van der Waals surface area contributed by atoms with E-state index in [-0.39, 0.29) is 5.91 Å². The molecule has 2 atom stereocenters. The van der Waals surface area contributed by atoms with E-state index in [2.05, 4.69) is 19.8 Å². The van der Waals surface area contributed by atoms with Gasteiger partial charge in [0.05, 0.1) is 6.10 Å². The van der Waals surface area contributed by atoms with E-state index in [4.69, 9.17) is 4.74 Å². The lowest BCUT2D eigenvalue weighted by atomic mass is 9.91. The fraction of sp³-hybridized carbons (Fsp3) is 0.542. The Labute approximate surface area is 183 Å². The van der Waals surface area contributed by atoms with Crippen molar-refractivity contribution >= 4 is 5.91 Å². The van der Waals surface area contributed by atoms with Crippen molar-refractivity contribution in [1.82, 2.24) is 19.8 Å². The van der Waals surface area contributed by atoms with Crippen molar-refractivity contribution in [2.75, 3.05) is 13.1 Å². The third-order valence-corrected chi connectivity index (χ3v) is 7.10. The number of ether oxygens (including phenoxy) is 1. The maximum absolute atomic E-state index is 13.6. The van der Waals surface area contributed by atoms with Crippen molar-refractivity contribution in [2.24, 2.45) is 0 Å². The Bertz CT molecular complexity index is 901. The SMILES string of the molecule is O=C1N(C2CCCCC2)CCC12C[C@@H](O)CN2Cc1ccc(Oc2ncccn2)cc1. The largest absolute Gasteiger partial charge is 0.424 e. The number of nitrogens with zero attached hydrogens (tertiary/aromatic N) is 4. The highest BCUT2D eigenvalue weighted by molar-refractivity contribution is 5.89. The quantitative estimate of drug-likeness (QED) is 0.798. The van der Waals surface area contributed by atoms with Gasteiger partial charge in [0, 0.05) is 44.5 Å². The first kappa shape index (κ1) is 20.4. The smallest absolute Gasteiger partial charge is 0.321 e. The molecule has 0 radical (unpaired) electrons. The molecule has 2 aliphatic heterocycles. The predicted molar refractivity (Wildman–Crippen MR) is 116 cm³/mol. The summed E-state index contributed by atoms with van der Waals surface area (Å²) in [6.45, 7) is 2.00. The highest BCUT2D eigenvalue weighted by Crippen LogP contribution is 2.42. The van der Waals surface area contributed by atoms with E-state index < -0.39 is 11.6 Å². The number of hydrogen-bond donors (Lipinski definition) is 1. The lowest BCUT2D eigenvalue weighted by molar-refractivity contribution is -0.139. The summed E-state index contributed by atoms with van der Waals surface area (Å²) in [7, 11) is 0. The molecule has 1 aromatic carbocycles. The van der Waals surface area contributed by atoms with Gasteiger partial charge < -0.3 is 14.7 Å². The van der Waals surface area contributed by atoms with Crippen molar-refractivity contribution in [2.45, 2.75) is 69.2 Å². The second kappa shape index (κ2) is 8.55. The number of carbonyl (C=O) groups excluding carboxylic acids is 1. The highest BCUT2D eigenvalue weighted by atomic mass is 16.5. The van der Waals surface area contributed by atoms with Crippen LogP contribution in [0.4, 0.5) is 0 Å². The molecule has 3 fully saturated rings. The maximum Gasteiger partial charge on any atom is 0.321 e. The van der Waals surface area contributed by atoms with Crippen LogP contribution in [-0.4, -0.2) is 61.6 Å². The molecule has 1 saturated carbocycles. The highest BCUT2D eigenvalue weighted by Gasteiger charge is 2.56. The molecule has 7 heteroatoms. The van der Waals surface area contributed by atoms with E-state index >= 15 is 0 Å². The fourth-order valence-electron chi connectivity index (χ4n) is 5.56. The zero-order valence-corrected chi connectivity index (χ0v) is 17.8. The van der Waals surface area contributed by atoms with E-state index in [1.165, 1.54) is 19.3 Å². The molecular weight excluding hydrogens is 392 g/mol. The minimum atomic E-state index is -0.552. The van der Waals surface area contributed by atoms with Gasteiger partial charge in [0.25, 0.3) is 0 Å². The van der Waals surface area contributed by atoms with E-state index in [1.54, 1.807) is 18.5 Å². The van der Waals surface area contributed by atoms with Gasteiger partial charge in [-0.3, -0.25) is 9.69 Å². The van der Waals surface area contributed by atoms with Crippen LogP contribution in [0.1, 0.15) is 50.5 Å². The monoisotopic (exact) mass is 422 g/mol. The van der Waals surface area contributed by atoms with Gasteiger partial charge in [-0.15, -0.1) is 0 Å². The Kier molecular flexibility index (Phi) is 5.63. The first-order valence-electron chi connectivity index (χ1n) is 11.4. The van der Waals surface area contributed by atoms with Crippen molar-refractivity contribution in [3.8, 4) is 11.8 Å². The van der Waals surface area contributed by atoms with Crippen LogP contribution in [0.2, 0.25) is 0 Å². The minimum absolute atomic E-state index is 0.233. The molecule has 1 N–H and O–H groups in total. The molecule has 5 rings (SSSR count). The number of aromatic nitrogens is 2. The average Bonchev–Trinajstić information content (AvgIpc) is 3.29. The average molecular weight is 423 g/mol. The molecule has 31 heavy (non-hydrogen) atoms. The number of rotatable bonds is 5. The van der Waals surface area contributed by atoms with Crippen LogP contribution in [0.25, 0.3) is 0 Å². The van der Waals surface area contributed by atoms with Crippen molar-refractivity contribution in [1.29, 1.82) is 0 Å². The van der Waals surface area contributed by atoms with Crippen LogP contribution in [0.15, 0.2) is 42.7 Å². The molecule has 7 nitrogen and oxygen atoms in total. The van der Waals surface area contributed by atoms with Crippen LogP contribution >= 0.6 is 0 Å². The number of β-amino-alcohol motifs (C(OH)–C–C–N with tert-alkyl or cyclic N) is 1. The number of benzene rings is 1. The van der Waals surface area contributed by atoms with Gasteiger partial charge in [0.1, 0.15) is 11.3 Å². The Morgan fingerprint density at radius 3 is 2.58 bits per heavy atom. The van der Waals surface area contributed by atoms with Gasteiger partial charge in [-0.2, -0.15) is 0 Å². The molecule has 2 aromatic rings. The number of aliphatic hydroxyl groups excluding tert-OH is 1. The first-order valence-corrected chi connectivity index (χ1v) is 11.4. The Morgan fingerprint density at radius 2 is 1.84 bits per heavy atom. The molecule has 1 amide bonds. The Hall–Kier alpha value is -2.51. The molecule has 164 valence electrons. The van der Waals surface area contributed by atoms with Gasteiger partial charge in [-0.05, 0) is 43.0 Å². The summed E-state index contributed by atoms with van der Waals surface area (Å²) in [4.78, 5) is 26.1. The first-order chi connectivity index (χ1) is 15.1. The normalized spacial score (nSPS) is 27.3. The van der Waals surface area contributed by atoms with Gasteiger partial charge in [-0.1, -0.05) is 31.4 Å². The van der Waals surface area contributed by atoms with Crippen molar-refractivity contribution in [3.63, 3.8) is 0 Å². The third-order valence-electron chi connectivity index (χ3n) is 7.10. The molecule has 0 bridgehead atoms. The molecule has 1 aliphatic carbocycles. The Balaban J connectivity index is 1.28. The lowest BCUT2D eigenvalue weighted by Gasteiger charge is -2.36. The minimum Gasteiger partial charge on any atom is -0.424 e. The van der Waals surface area contributed by atoms with E-state index in [0.717, 1.165) is 31.4 Å². The second-order valence-corrected chi connectivity index (χ2v) is 9.09. The van der Waals surface area contributed by atoms with Crippen LogP contribution in [0.3, 0.4) is 0 Å². The molecular formula is C24H30N4O3. The van der Waals surface area contributed by atoms with Crippen LogP contribution in [-0.2, 0) is 11.3 Å². The number of likely N-dealkylation sites (tertiary alicyclic amines) is 2. The standard InChI is InChI=1S/C24H30N4O3/c29-20-15-24(11-14-28(22(24)30)19-5-2-1-3-6-19)27(17-20)16-18-7-9-21(10-8-18)31-23-25-12-4-13-26-23/h4,7-10,12-13,19-20,29H,1-3,5-6,11,14-17H2/t20-,24?/m1/s1. The van der Waals surface area contributed by atoms with Gasteiger partial charge >= 0.3 is 6.01 Å². The molecule has 3 aliphatic rings. The van der Waals surface area contributed by atoms with E-state index in [1.807, 2.05) is 24.3 Å². The van der Waals surface area contributed by atoms with Crippen LogP contribution in [0, 0.1) is 0 Å². The van der Waals surface area contributed by atoms with E-state index in [9.17, 15) is 9.90 Å². The topological polar surface area (TPSA) is 78.8 Å². The molecule has 1 aromatic heterocycles. The zero-order valence-electron chi connectivity index (χ0n) is 17.8. The summed E-state index contributed by atoms with van der Waals surface area (Å²) >= 11 is 0. The van der Waals surface area contributed by atoms with Gasteiger partial charge in [0.15, 0.2) is 0 Å². The van der Waals surface area contributed by atoms with Crippen LogP contribution in [0.5, 0.6) is 11.8 Å². The molecule has 2 saturated heterocycles. The summed E-state index contributed by atoms with van der Waals surface area (Å²) in [6.07, 6.45) is 10.2. The number of carbonyl (C=O) groups is 1. The molecule has 3 heterocycles. The second-order valence-electron chi connectivity index (χ2n) is 9.09. The van der Waals surface area contributed by atoms with Crippen LogP contribution < -0.4 is 4.74 Å². The van der Waals surface area contributed by atoms with Gasteiger partial charge in [-0.25, -0.2) is 9.97 Å². The number of aliphatic hydroxyl groups is 1. The summed E-state index contributed by atoms with van der Waals surface area (Å²) in [5.41, 5.74) is 0.544. The fourth-order valence-corrected chi connectivity index (χ4v) is 5.56. The van der Waals surface area contributed by atoms with Crippen molar-refractivity contribution < 1.29 is 14.6 Å². The van der Waals surface area contributed by atoms with Crippen molar-refractivity contribution in [3.05, 3.63) is 48.3 Å². The summed E-state index contributed by atoms with van der Waals surface area (Å²) in [5.74, 6) is 0.906. The lowest BCUT2D eigenvalue weighted by Crippen LogP contribution is -2.51. The Morgan fingerprint density at radius 1 is 1.10 bits per heavy atom. The molecule has 1 unspecified atom stereocenters. The zero-order chi connectivity index (χ0) is 21.3. The van der Waals surface area contributed by atoms with Gasteiger partial charge in [0.2, 0.25) is 5.91 Å². The maximum atomic E-state index is 13.6. The van der Waals surface area contributed by atoms with E-state index in [0.29, 0.717) is 37.3 Å². The summed E-state index contributed by atoms with van der Waals surface area (Å²) in [5, 5.41) is 10.5. The summed E-state index contributed by atoms with van der Waals surface area (Å²) < 4.78 is 5.68. The number of hydrogen-bond acceptors (Lipinski definition) is 6. The predicted octanol–water partition coefficient (Wildman–Crippen LogP) is 3.14. The third kappa shape index (κ3) is 4.04. The molecule has 1 spiro atoms.